The molecule has 7 heteroatoms. The van der Waals surface area contributed by atoms with E-state index in [1.165, 1.54) is 4.68 Å². The number of hydrogen-bond acceptors (Lipinski definition) is 6. The van der Waals surface area contributed by atoms with Crippen LogP contribution in [0.3, 0.4) is 0 Å². The minimum Gasteiger partial charge on any atom is -0.394 e. The van der Waals surface area contributed by atoms with Crippen LogP contribution < -0.4 is 0 Å². The fraction of sp³-hybridized carbons (Fsp3) is 0.636. The molecule has 1 unspecified atom stereocenters. The molecule has 1 saturated heterocycles. The summed E-state index contributed by atoms with van der Waals surface area (Å²) in [5.41, 5.74) is 0. The van der Waals surface area contributed by atoms with E-state index < -0.39 is 24.5 Å². The Bertz CT molecular complexity index is 490. The molecule has 3 N–H and O–H groups in total. The molecular formula is C11H15N3O4. The standard InChI is InChI=1S/C11H15N3O4/c1-3-4-8-12-6(2)14(13-8)11-10(17)9(16)7(5-15)18-11/h7,9-11,15-17H,5H2,1-2H3/t7-,9?,10+,11-/m1/s1. The zero-order chi connectivity index (χ0) is 13.3. The van der Waals surface area contributed by atoms with Crippen LogP contribution in [0.25, 0.3) is 0 Å². The van der Waals surface area contributed by atoms with Gasteiger partial charge >= 0.3 is 0 Å². The van der Waals surface area contributed by atoms with Crippen molar-refractivity contribution >= 4 is 0 Å². The van der Waals surface area contributed by atoms with Crippen LogP contribution in [0.1, 0.15) is 24.8 Å². The molecule has 0 saturated carbocycles. The second kappa shape index (κ2) is 5.04. The number of ether oxygens (including phenoxy) is 1. The van der Waals surface area contributed by atoms with E-state index in [2.05, 4.69) is 21.9 Å². The van der Waals surface area contributed by atoms with Crippen molar-refractivity contribution in [3.05, 3.63) is 11.6 Å². The third-order valence-electron chi connectivity index (χ3n) is 2.80. The highest BCUT2D eigenvalue weighted by atomic mass is 16.6. The summed E-state index contributed by atoms with van der Waals surface area (Å²) in [5.74, 6) is 6.22. The number of aryl methyl sites for hydroxylation is 1. The predicted molar refractivity (Wildman–Crippen MR) is 60.3 cm³/mol. The van der Waals surface area contributed by atoms with Gasteiger partial charge in [-0.1, -0.05) is 5.92 Å². The quantitative estimate of drug-likeness (QED) is 0.559. The van der Waals surface area contributed by atoms with Crippen molar-refractivity contribution in [3.8, 4) is 11.8 Å². The fourth-order valence-corrected chi connectivity index (χ4v) is 1.89. The second-order valence-electron chi connectivity index (χ2n) is 4.03. The summed E-state index contributed by atoms with van der Waals surface area (Å²) in [6.45, 7) is 3.00. The van der Waals surface area contributed by atoms with Crippen molar-refractivity contribution in [2.75, 3.05) is 6.61 Å². The van der Waals surface area contributed by atoms with Crippen LogP contribution in [0.5, 0.6) is 0 Å². The first kappa shape index (κ1) is 13.0. The minimum absolute atomic E-state index is 0.327. The van der Waals surface area contributed by atoms with Gasteiger partial charge in [0.15, 0.2) is 6.23 Å². The van der Waals surface area contributed by atoms with Crippen LogP contribution in [-0.2, 0) is 4.74 Å². The van der Waals surface area contributed by atoms with Gasteiger partial charge in [-0.05, 0) is 19.8 Å². The third kappa shape index (κ3) is 2.11. The van der Waals surface area contributed by atoms with Crippen molar-refractivity contribution in [1.29, 1.82) is 0 Å². The lowest BCUT2D eigenvalue weighted by atomic mass is 10.1. The molecule has 0 spiro atoms. The molecule has 0 aromatic carbocycles. The van der Waals surface area contributed by atoms with E-state index in [0.29, 0.717) is 11.6 Å². The molecule has 1 aliphatic heterocycles. The summed E-state index contributed by atoms with van der Waals surface area (Å²) in [4.78, 5) is 4.10. The van der Waals surface area contributed by atoms with Crippen molar-refractivity contribution in [2.24, 2.45) is 0 Å². The summed E-state index contributed by atoms with van der Waals surface area (Å²) in [6.07, 6.45) is -4.00. The van der Waals surface area contributed by atoms with Gasteiger partial charge < -0.3 is 20.1 Å². The molecule has 0 bridgehead atoms. The van der Waals surface area contributed by atoms with Gasteiger partial charge in [-0.25, -0.2) is 9.67 Å². The first-order chi connectivity index (χ1) is 8.58. The molecule has 0 aliphatic carbocycles. The average molecular weight is 253 g/mol. The van der Waals surface area contributed by atoms with Gasteiger partial charge in [-0.3, -0.25) is 0 Å². The highest BCUT2D eigenvalue weighted by Crippen LogP contribution is 2.29. The van der Waals surface area contributed by atoms with E-state index in [9.17, 15) is 10.2 Å². The number of hydrogen-bond donors (Lipinski definition) is 3. The summed E-state index contributed by atoms with van der Waals surface area (Å²) in [5, 5.41) is 32.6. The number of aliphatic hydroxyl groups excluding tert-OH is 3. The molecule has 1 aliphatic rings. The van der Waals surface area contributed by atoms with Crippen molar-refractivity contribution in [3.63, 3.8) is 0 Å². The van der Waals surface area contributed by atoms with Crippen LogP contribution >= 0.6 is 0 Å². The number of nitrogens with zero attached hydrogens (tertiary/aromatic N) is 3. The smallest absolute Gasteiger partial charge is 0.225 e. The summed E-state index contributed by atoms with van der Waals surface area (Å²) in [7, 11) is 0. The van der Waals surface area contributed by atoms with Crippen molar-refractivity contribution in [1.82, 2.24) is 14.8 Å². The number of aromatic nitrogens is 3. The lowest BCUT2D eigenvalue weighted by molar-refractivity contribution is -0.0598. The molecule has 4 atom stereocenters. The Hall–Kier alpha value is -1.46. The Balaban J connectivity index is 2.28. The van der Waals surface area contributed by atoms with E-state index in [1.54, 1.807) is 13.8 Å². The van der Waals surface area contributed by atoms with Crippen LogP contribution in [0.2, 0.25) is 0 Å². The molecule has 7 nitrogen and oxygen atoms in total. The topological polar surface area (TPSA) is 101 Å². The summed E-state index contributed by atoms with van der Waals surface area (Å²) >= 11 is 0. The maximum absolute atomic E-state index is 9.87. The van der Waals surface area contributed by atoms with Gasteiger partial charge in [0, 0.05) is 0 Å². The maximum Gasteiger partial charge on any atom is 0.225 e. The monoisotopic (exact) mass is 253 g/mol. The van der Waals surface area contributed by atoms with E-state index >= 15 is 0 Å². The van der Waals surface area contributed by atoms with Gasteiger partial charge in [-0.2, -0.15) is 0 Å². The Morgan fingerprint density at radius 2 is 2.11 bits per heavy atom. The van der Waals surface area contributed by atoms with Crippen LogP contribution in [0.4, 0.5) is 0 Å². The Morgan fingerprint density at radius 1 is 1.39 bits per heavy atom. The zero-order valence-electron chi connectivity index (χ0n) is 10.1. The van der Waals surface area contributed by atoms with Gasteiger partial charge in [-0.15, -0.1) is 5.10 Å². The Kier molecular flexibility index (Phi) is 3.63. The lowest BCUT2D eigenvalue weighted by Crippen LogP contribution is -2.33. The normalized spacial score (nSPS) is 31.2. The van der Waals surface area contributed by atoms with Gasteiger partial charge in [0.25, 0.3) is 0 Å². The predicted octanol–water partition coefficient (Wildman–Crippen LogP) is -1.43. The number of rotatable bonds is 2. The van der Waals surface area contributed by atoms with Crippen molar-refractivity contribution in [2.45, 2.75) is 38.4 Å². The maximum atomic E-state index is 9.87. The molecule has 1 fully saturated rings. The zero-order valence-corrected chi connectivity index (χ0v) is 10.1. The van der Waals surface area contributed by atoms with Gasteiger partial charge in [0.1, 0.15) is 24.1 Å². The first-order valence-electron chi connectivity index (χ1n) is 5.56. The lowest BCUT2D eigenvalue weighted by Gasteiger charge is -2.15. The average Bonchev–Trinajstić information content (AvgIpc) is 2.83. The highest BCUT2D eigenvalue weighted by molar-refractivity contribution is 5.19. The first-order valence-corrected chi connectivity index (χ1v) is 5.56. The number of aliphatic hydroxyl groups is 3. The van der Waals surface area contributed by atoms with Gasteiger partial charge in [0.2, 0.25) is 5.82 Å². The molecular weight excluding hydrogens is 238 g/mol. The molecule has 1 aromatic rings. The van der Waals surface area contributed by atoms with Gasteiger partial charge in [0.05, 0.1) is 6.61 Å². The van der Waals surface area contributed by atoms with Crippen LogP contribution in [0.15, 0.2) is 0 Å². The Morgan fingerprint density at radius 3 is 2.67 bits per heavy atom. The second-order valence-corrected chi connectivity index (χ2v) is 4.03. The summed E-state index contributed by atoms with van der Waals surface area (Å²) < 4.78 is 6.72. The Labute approximate surface area is 104 Å². The molecule has 98 valence electrons. The van der Waals surface area contributed by atoms with Crippen LogP contribution in [-0.4, -0.2) is 55.0 Å². The van der Waals surface area contributed by atoms with E-state index in [4.69, 9.17) is 9.84 Å². The minimum atomic E-state index is -1.16. The molecule has 0 radical (unpaired) electrons. The van der Waals surface area contributed by atoms with E-state index in [0.717, 1.165) is 0 Å². The molecule has 0 amide bonds. The molecule has 18 heavy (non-hydrogen) atoms. The van der Waals surface area contributed by atoms with E-state index in [-0.39, 0.29) is 6.61 Å². The highest BCUT2D eigenvalue weighted by Gasteiger charge is 2.44. The van der Waals surface area contributed by atoms with Crippen LogP contribution in [0, 0.1) is 18.8 Å². The third-order valence-corrected chi connectivity index (χ3v) is 2.80. The summed E-state index contributed by atoms with van der Waals surface area (Å²) in [6, 6.07) is 0. The molecule has 2 rings (SSSR count). The van der Waals surface area contributed by atoms with Crippen molar-refractivity contribution < 1.29 is 20.1 Å². The largest absolute Gasteiger partial charge is 0.394 e. The molecule has 1 aromatic heterocycles. The van der Waals surface area contributed by atoms with E-state index in [1.807, 2.05) is 0 Å². The SMILES string of the molecule is CC#Cc1nc(C)n([C@@H]2O[C@H](CO)C(O)[C@@H]2O)n1. The molecule has 2 heterocycles. The fourth-order valence-electron chi connectivity index (χ4n) is 1.89.